The molecule has 0 saturated heterocycles. The van der Waals surface area contributed by atoms with Gasteiger partial charge in [-0.1, -0.05) is 25.3 Å². The van der Waals surface area contributed by atoms with Crippen molar-refractivity contribution in [3.05, 3.63) is 36.2 Å². The van der Waals surface area contributed by atoms with Crippen LogP contribution < -0.4 is 4.72 Å². The Kier molecular flexibility index (Phi) is 4.77. The Bertz CT molecular complexity index is 750. The largest absolute Gasteiger partial charge is 0.266 e. The van der Waals surface area contributed by atoms with Crippen LogP contribution in [0.5, 0.6) is 0 Å². The number of pyridine rings is 1. The van der Waals surface area contributed by atoms with Gasteiger partial charge in [-0.25, -0.2) is 13.1 Å². The first-order valence-corrected chi connectivity index (χ1v) is 9.54. The van der Waals surface area contributed by atoms with E-state index >= 15 is 0 Å². The second kappa shape index (κ2) is 6.80. The fourth-order valence-corrected chi connectivity index (χ4v) is 4.57. The van der Waals surface area contributed by atoms with Crippen LogP contribution in [0.15, 0.2) is 30.5 Å². The van der Waals surface area contributed by atoms with Crippen LogP contribution in [0.1, 0.15) is 37.8 Å². The molecule has 2 aromatic heterocycles. The molecule has 2 heterocycles. The van der Waals surface area contributed by atoms with Crippen LogP contribution in [-0.2, 0) is 23.6 Å². The van der Waals surface area contributed by atoms with Gasteiger partial charge in [0.25, 0.3) is 0 Å². The van der Waals surface area contributed by atoms with Gasteiger partial charge in [0.1, 0.15) is 0 Å². The highest BCUT2D eigenvalue weighted by Gasteiger charge is 2.27. The van der Waals surface area contributed by atoms with Crippen molar-refractivity contribution < 1.29 is 8.42 Å². The predicted octanol–water partition coefficient (Wildman–Crippen LogP) is 2.23. The molecular weight excluding hydrogens is 312 g/mol. The number of hydrogen-bond donors (Lipinski definition) is 1. The van der Waals surface area contributed by atoms with Gasteiger partial charge in [-0.15, -0.1) is 0 Å². The van der Waals surface area contributed by atoms with Gasteiger partial charge in [0, 0.05) is 13.2 Å². The van der Waals surface area contributed by atoms with Crippen molar-refractivity contribution in [2.45, 2.75) is 43.9 Å². The summed E-state index contributed by atoms with van der Waals surface area (Å²) < 4.78 is 29.2. The molecule has 1 fully saturated rings. The monoisotopic (exact) mass is 334 g/mol. The zero-order valence-corrected chi connectivity index (χ0v) is 14.1. The zero-order chi connectivity index (χ0) is 16.3. The van der Waals surface area contributed by atoms with Crippen molar-refractivity contribution in [2.75, 3.05) is 0 Å². The molecule has 2 aromatic rings. The molecule has 1 N–H and O–H groups in total. The van der Waals surface area contributed by atoms with Crippen LogP contribution in [-0.4, -0.2) is 28.4 Å². The number of rotatable bonds is 5. The van der Waals surface area contributed by atoms with Gasteiger partial charge >= 0.3 is 0 Å². The highest BCUT2D eigenvalue weighted by atomic mass is 32.2. The van der Waals surface area contributed by atoms with E-state index in [1.807, 2.05) is 31.3 Å². The minimum Gasteiger partial charge on any atom is -0.266 e. The number of hydrogen-bond acceptors (Lipinski definition) is 4. The maximum absolute atomic E-state index is 12.4. The average Bonchev–Trinajstić information content (AvgIpc) is 2.96. The van der Waals surface area contributed by atoms with Gasteiger partial charge in [-0.2, -0.15) is 5.10 Å². The topological polar surface area (TPSA) is 76.9 Å². The Morgan fingerprint density at radius 1 is 1.26 bits per heavy atom. The van der Waals surface area contributed by atoms with E-state index in [4.69, 9.17) is 0 Å². The quantitative estimate of drug-likeness (QED) is 0.910. The van der Waals surface area contributed by atoms with Gasteiger partial charge in [-0.05, 0) is 31.0 Å². The van der Waals surface area contributed by atoms with Gasteiger partial charge in [0.15, 0.2) is 0 Å². The number of nitrogens with zero attached hydrogens (tertiary/aromatic N) is 3. The first-order valence-electron chi connectivity index (χ1n) is 7.99. The molecule has 1 saturated carbocycles. The Morgan fingerprint density at radius 2 is 2.04 bits per heavy atom. The predicted molar refractivity (Wildman–Crippen MR) is 89.1 cm³/mol. The van der Waals surface area contributed by atoms with Crippen LogP contribution in [0.25, 0.3) is 11.4 Å². The Hall–Kier alpha value is -1.73. The first-order chi connectivity index (χ1) is 11.1. The molecule has 7 heteroatoms. The maximum Gasteiger partial charge on any atom is 0.214 e. The number of aromatic nitrogens is 3. The summed E-state index contributed by atoms with van der Waals surface area (Å²) in [4.78, 5) is 4.31. The van der Waals surface area contributed by atoms with E-state index in [9.17, 15) is 8.42 Å². The molecule has 1 aliphatic rings. The molecule has 0 atom stereocenters. The van der Waals surface area contributed by atoms with Crippen LogP contribution >= 0.6 is 0 Å². The van der Waals surface area contributed by atoms with Crippen molar-refractivity contribution in [3.63, 3.8) is 0 Å². The first kappa shape index (κ1) is 16.1. The lowest BCUT2D eigenvalue weighted by Gasteiger charge is -2.21. The maximum atomic E-state index is 12.4. The molecule has 124 valence electrons. The molecule has 6 nitrogen and oxygen atoms in total. The SMILES string of the molecule is Cn1nc(CNS(=O)(=O)C2CCCCC2)cc1-c1ccccn1. The normalized spacial score (nSPS) is 16.6. The fraction of sp³-hybridized carbons (Fsp3) is 0.500. The third-order valence-corrected chi connectivity index (χ3v) is 6.20. The number of aryl methyl sites for hydroxylation is 1. The molecule has 1 aliphatic carbocycles. The van der Waals surface area contributed by atoms with Crippen LogP contribution in [0.2, 0.25) is 0 Å². The average molecular weight is 334 g/mol. The molecule has 0 unspecified atom stereocenters. The highest BCUT2D eigenvalue weighted by molar-refractivity contribution is 7.90. The minimum absolute atomic E-state index is 0.222. The van der Waals surface area contributed by atoms with Gasteiger partial charge < -0.3 is 0 Å². The summed E-state index contributed by atoms with van der Waals surface area (Å²) in [5, 5.41) is 4.13. The summed E-state index contributed by atoms with van der Waals surface area (Å²) in [7, 11) is -1.43. The van der Waals surface area contributed by atoms with Gasteiger partial charge in [-0.3, -0.25) is 9.67 Å². The highest BCUT2D eigenvalue weighted by Crippen LogP contribution is 2.23. The third kappa shape index (κ3) is 3.79. The van der Waals surface area contributed by atoms with Crippen LogP contribution in [0.3, 0.4) is 0 Å². The molecule has 0 bridgehead atoms. The van der Waals surface area contributed by atoms with Crippen molar-refractivity contribution in [3.8, 4) is 11.4 Å². The lowest BCUT2D eigenvalue weighted by molar-refractivity contribution is 0.477. The van der Waals surface area contributed by atoms with Crippen molar-refractivity contribution in [1.29, 1.82) is 0 Å². The van der Waals surface area contributed by atoms with E-state index < -0.39 is 10.0 Å². The van der Waals surface area contributed by atoms with Crippen molar-refractivity contribution in [2.24, 2.45) is 7.05 Å². The summed E-state index contributed by atoms with van der Waals surface area (Å²) >= 11 is 0. The summed E-state index contributed by atoms with van der Waals surface area (Å²) in [6, 6.07) is 7.57. The lowest BCUT2D eigenvalue weighted by atomic mass is 10.0. The van der Waals surface area contributed by atoms with E-state index in [1.54, 1.807) is 10.9 Å². The number of nitrogens with one attached hydrogen (secondary N) is 1. The molecule has 0 spiro atoms. The molecule has 3 rings (SSSR count). The Balaban J connectivity index is 1.69. The summed E-state index contributed by atoms with van der Waals surface area (Å²) in [6.07, 6.45) is 6.39. The standard InChI is InChI=1S/C16H22N4O2S/c1-20-16(15-9-5-6-10-17-15)11-13(19-20)12-18-23(21,22)14-7-3-2-4-8-14/h5-6,9-11,14,18H,2-4,7-8,12H2,1H3. The van der Waals surface area contributed by atoms with Gasteiger partial charge in [0.2, 0.25) is 10.0 Å². The second-order valence-electron chi connectivity index (χ2n) is 5.99. The lowest BCUT2D eigenvalue weighted by Crippen LogP contribution is -2.35. The van der Waals surface area contributed by atoms with E-state index in [-0.39, 0.29) is 11.8 Å². The van der Waals surface area contributed by atoms with E-state index in [0.29, 0.717) is 5.69 Å². The molecule has 0 aromatic carbocycles. The molecular formula is C16H22N4O2S. The molecule has 0 radical (unpaired) electrons. The molecule has 0 aliphatic heterocycles. The smallest absolute Gasteiger partial charge is 0.214 e. The fourth-order valence-electron chi connectivity index (χ4n) is 3.03. The van der Waals surface area contributed by atoms with Crippen molar-refractivity contribution >= 4 is 10.0 Å². The number of sulfonamides is 1. The Labute approximate surface area is 137 Å². The van der Waals surface area contributed by atoms with Crippen LogP contribution in [0.4, 0.5) is 0 Å². The zero-order valence-electron chi connectivity index (χ0n) is 13.3. The summed E-state index contributed by atoms with van der Waals surface area (Å²) in [6.45, 7) is 0.222. The third-order valence-electron chi connectivity index (χ3n) is 4.30. The Morgan fingerprint density at radius 3 is 2.74 bits per heavy atom. The van der Waals surface area contributed by atoms with Crippen LogP contribution in [0, 0.1) is 0 Å². The molecule has 0 amide bonds. The second-order valence-corrected chi connectivity index (χ2v) is 8.03. The summed E-state index contributed by atoms with van der Waals surface area (Å²) in [5.74, 6) is 0. The van der Waals surface area contributed by atoms with E-state index in [2.05, 4.69) is 14.8 Å². The van der Waals surface area contributed by atoms with Gasteiger partial charge in [0.05, 0.1) is 28.9 Å². The van der Waals surface area contributed by atoms with E-state index in [0.717, 1.165) is 43.5 Å². The van der Waals surface area contributed by atoms with Crippen molar-refractivity contribution in [1.82, 2.24) is 19.5 Å². The minimum atomic E-state index is -3.26. The summed E-state index contributed by atoms with van der Waals surface area (Å²) in [5.41, 5.74) is 2.40. The van der Waals surface area contributed by atoms with E-state index in [1.165, 1.54) is 0 Å². The molecule has 23 heavy (non-hydrogen) atoms.